The van der Waals surface area contributed by atoms with E-state index < -0.39 is 5.54 Å². The lowest BCUT2D eigenvalue weighted by Gasteiger charge is -2.31. The number of aliphatic hydroxyl groups excluding tert-OH is 1. The van der Waals surface area contributed by atoms with Crippen LogP contribution < -0.4 is 5.73 Å². The first-order chi connectivity index (χ1) is 7.17. The third-order valence-corrected chi connectivity index (χ3v) is 3.51. The summed E-state index contributed by atoms with van der Waals surface area (Å²) in [5.41, 5.74) is 5.50. The summed E-state index contributed by atoms with van der Waals surface area (Å²) in [7, 11) is 0. The van der Waals surface area contributed by atoms with Crippen LogP contribution in [0.15, 0.2) is 0 Å². The first-order valence-electron chi connectivity index (χ1n) is 5.88. The molecule has 15 heavy (non-hydrogen) atoms. The smallest absolute Gasteiger partial charge is 0.242 e. The Morgan fingerprint density at radius 2 is 2.00 bits per heavy atom. The van der Waals surface area contributed by atoms with Gasteiger partial charge in [0.25, 0.3) is 0 Å². The lowest BCUT2D eigenvalue weighted by molar-refractivity contribution is -0.138. The summed E-state index contributed by atoms with van der Waals surface area (Å²) in [5.74, 6) is 0.0663. The highest BCUT2D eigenvalue weighted by atomic mass is 16.3. The van der Waals surface area contributed by atoms with Gasteiger partial charge in [0.1, 0.15) is 0 Å². The number of nitrogens with two attached hydrogens (primary N) is 1. The van der Waals surface area contributed by atoms with Gasteiger partial charge in [-0.25, -0.2) is 0 Å². The van der Waals surface area contributed by atoms with Crippen molar-refractivity contribution in [2.75, 3.05) is 13.2 Å². The van der Waals surface area contributed by atoms with E-state index in [1.165, 1.54) is 0 Å². The standard InChI is InChI=1S/C11H20N2O2/c12-11(5-1-2-6-11)10(15)13(7-8-14)9-3-4-9/h9,14H,1-8,12H2. The first-order valence-corrected chi connectivity index (χ1v) is 5.88. The molecule has 2 aliphatic carbocycles. The van der Waals surface area contributed by atoms with Gasteiger partial charge < -0.3 is 15.7 Å². The SMILES string of the molecule is NC1(C(=O)N(CCO)C2CC2)CCCC1. The maximum atomic E-state index is 12.2. The molecular formula is C11H20N2O2. The Hall–Kier alpha value is -0.610. The zero-order valence-corrected chi connectivity index (χ0v) is 9.11. The summed E-state index contributed by atoms with van der Waals surface area (Å²) < 4.78 is 0. The second-order valence-electron chi connectivity index (χ2n) is 4.82. The molecule has 0 saturated heterocycles. The highest BCUT2D eigenvalue weighted by molar-refractivity contribution is 5.87. The summed E-state index contributed by atoms with van der Waals surface area (Å²) in [6.45, 7) is 0.487. The summed E-state index contributed by atoms with van der Waals surface area (Å²) in [5, 5.41) is 8.95. The number of aliphatic hydroxyl groups is 1. The molecule has 4 heteroatoms. The summed E-state index contributed by atoms with van der Waals surface area (Å²) in [6.07, 6.45) is 5.87. The summed E-state index contributed by atoms with van der Waals surface area (Å²) >= 11 is 0. The molecule has 0 aromatic rings. The Labute approximate surface area is 90.4 Å². The van der Waals surface area contributed by atoms with E-state index in [-0.39, 0.29) is 12.5 Å². The molecule has 2 rings (SSSR count). The normalized spacial score (nSPS) is 24.1. The number of carbonyl (C=O) groups is 1. The minimum absolute atomic E-state index is 0.0400. The second-order valence-corrected chi connectivity index (χ2v) is 4.82. The highest BCUT2D eigenvalue weighted by Crippen LogP contribution is 2.33. The lowest BCUT2D eigenvalue weighted by Crippen LogP contribution is -2.54. The number of rotatable bonds is 4. The van der Waals surface area contributed by atoms with Gasteiger partial charge in [-0.15, -0.1) is 0 Å². The van der Waals surface area contributed by atoms with Crippen molar-refractivity contribution >= 4 is 5.91 Å². The largest absolute Gasteiger partial charge is 0.395 e. The predicted octanol–water partition coefficient (Wildman–Crippen LogP) is 0.241. The molecule has 2 aliphatic rings. The number of carbonyl (C=O) groups excluding carboxylic acids is 1. The van der Waals surface area contributed by atoms with E-state index in [0.717, 1.165) is 38.5 Å². The highest BCUT2D eigenvalue weighted by Gasteiger charge is 2.43. The average Bonchev–Trinajstić information content (AvgIpc) is 2.97. The van der Waals surface area contributed by atoms with E-state index in [4.69, 9.17) is 10.8 Å². The minimum Gasteiger partial charge on any atom is -0.395 e. The van der Waals surface area contributed by atoms with E-state index in [9.17, 15) is 4.79 Å². The Morgan fingerprint density at radius 1 is 1.40 bits per heavy atom. The van der Waals surface area contributed by atoms with Crippen molar-refractivity contribution < 1.29 is 9.90 Å². The number of amides is 1. The monoisotopic (exact) mass is 212 g/mol. The van der Waals surface area contributed by atoms with Gasteiger partial charge >= 0.3 is 0 Å². The van der Waals surface area contributed by atoms with Crippen molar-refractivity contribution in [1.82, 2.24) is 4.90 Å². The molecular weight excluding hydrogens is 192 g/mol. The van der Waals surface area contributed by atoms with Gasteiger partial charge in [-0.3, -0.25) is 4.79 Å². The topological polar surface area (TPSA) is 66.6 Å². The molecule has 0 aromatic carbocycles. The Balaban J connectivity index is 2.02. The maximum Gasteiger partial charge on any atom is 0.242 e. The fourth-order valence-electron chi connectivity index (χ4n) is 2.45. The Kier molecular flexibility index (Phi) is 2.98. The molecule has 4 nitrogen and oxygen atoms in total. The zero-order valence-electron chi connectivity index (χ0n) is 9.11. The van der Waals surface area contributed by atoms with Crippen LogP contribution in [0.5, 0.6) is 0 Å². The zero-order chi connectivity index (χ0) is 10.9. The average molecular weight is 212 g/mol. The number of hydrogen-bond acceptors (Lipinski definition) is 3. The van der Waals surface area contributed by atoms with Crippen molar-refractivity contribution in [1.29, 1.82) is 0 Å². The fourth-order valence-corrected chi connectivity index (χ4v) is 2.45. The van der Waals surface area contributed by atoms with Gasteiger partial charge in [0.05, 0.1) is 12.1 Å². The summed E-state index contributed by atoms with van der Waals surface area (Å²) in [6, 6.07) is 0.352. The quantitative estimate of drug-likeness (QED) is 0.701. The van der Waals surface area contributed by atoms with E-state index in [0.29, 0.717) is 12.6 Å². The van der Waals surface area contributed by atoms with Crippen molar-refractivity contribution in [2.45, 2.75) is 50.1 Å². The van der Waals surface area contributed by atoms with Crippen LogP contribution in [-0.2, 0) is 4.79 Å². The third-order valence-electron chi connectivity index (χ3n) is 3.51. The van der Waals surface area contributed by atoms with Crippen molar-refractivity contribution in [3.63, 3.8) is 0 Å². The molecule has 86 valence electrons. The van der Waals surface area contributed by atoms with E-state index in [1.54, 1.807) is 4.90 Å². The molecule has 1 amide bonds. The Bertz CT molecular complexity index is 245. The molecule has 0 spiro atoms. The van der Waals surface area contributed by atoms with E-state index in [2.05, 4.69) is 0 Å². The number of hydrogen-bond donors (Lipinski definition) is 2. The van der Waals surface area contributed by atoms with Crippen LogP contribution in [0.1, 0.15) is 38.5 Å². The fraction of sp³-hybridized carbons (Fsp3) is 0.909. The lowest BCUT2D eigenvalue weighted by atomic mass is 9.97. The number of nitrogens with zero attached hydrogens (tertiary/aromatic N) is 1. The molecule has 0 aromatic heterocycles. The molecule has 0 bridgehead atoms. The summed E-state index contributed by atoms with van der Waals surface area (Å²) in [4.78, 5) is 14.0. The van der Waals surface area contributed by atoms with Gasteiger partial charge in [0.15, 0.2) is 0 Å². The molecule has 0 heterocycles. The van der Waals surface area contributed by atoms with Crippen molar-refractivity contribution in [3.05, 3.63) is 0 Å². The van der Waals surface area contributed by atoms with Gasteiger partial charge in [-0.05, 0) is 25.7 Å². The van der Waals surface area contributed by atoms with Crippen LogP contribution in [-0.4, -0.2) is 40.6 Å². The molecule has 0 atom stereocenters. The van der Waals surface area contributed by atoms with Crippen molar-refractivity contribution in [2.24, 2.45) is 5.73 Å². The molecule has 2 fully saturated rings. The Morgan fingerprint density at radius 3 is 2.47 bits per heavy atom. The van der Waals surface area contributed by atoms with Crippen LogP contribution >= 0.6 is 0 Å². The second kappa shape index (κ2) is 4.10. The van der Waals surface area contributed by atoms with Gasteiger partial charge in [-0.1, -0.05) is 12.8 Å². The van der Waals surface area contributed by atoms with Crippen molar-refractivity contribution in [3.8, 4) is 0 Å². The van der Waals surface area contributed by atoms with Crippen LogP contribution in [0.25, 0.3) is 0 Å². The van der Waals surface area contributed by atoms with E-state index in [1.807, 2.05) is 0 Å². The van der Waals surface area contributed by atoms with Gasteiger partial charge in [0.2, 0.25) is 5.91 Å². The van der Waals surface area contributed by atoms with Gasteiger partial charge in [-0.2, -0.15) is 0 Å². The molecule has 0 radical (unpaired) electrons. The third kappa shape index (κ3) is 2.16. The first kappa shape index (κ1) is 10.9. The predicted molar refractivity (Wildman–Crippen MR) is 57.2 cm³/mol. The molecule has 0 unspecified atom stereocenters. The maximum absolute atomic E-state index is 12.2. The molecule has 3 N–H and O–H groups in total. The molecule has 0 aliphatic heterocycles. The van der Waals surface area contributed by atoms with Crippen LogP contribution in [0.2, 0.25) is 0 Å². The van der Waals surface area contributed by atoms with Gasteiger partial charge in [0, 0.05) is 12.6 Å². The molecule has 2 saturated carbocycles. The van der Waals surface area contributed by atoms with Crippen LogP contribution in [0, 0.1) is 0 Å². The van der Waals surface area contributed by atoms with Crippen LogP contribution in [0.3, 0.4) is 0 Å². The van der Waals surface area contributed by atoms with Crippen LogP contribution in [0.4, 0.5) is 0 Å². The minimum atomic E-state index is -0.627. The van der Waals surface area contributed by atoms with E-state index >= 15 is 0 Å².